The summed E-state index contributed by atoms with van der Waals surface area (Å²) < 4.78 is 20.8. The molecule has 0 radical (unpaired) electrons. The van der Waals surface area contributed by atoms with Gasteiger partial charge in [-0.2, -0.15) is 9.78 Å². The first-order chi connectivity index (χ1) is 18.2. The maximum absolute atomic E-state index is 13.3. The molecule has 4 aromatic rings. The van der Waals surface area contributed by atoms with Crippen molar-refractivity contribution in [1.29, 1.82) is 0 Å². The third kappa shape index (κ3) is 6.11. The molecule has 1 N–H and O–H groups in total. The number of rotatable bonds is 8. The van der Waals surface area contributed by atoms with E-state index in [4.69, 9.17) is 4.74 Å². The van der Waals surface area contributed by atoms with Crippen LogP contribution < -0.4 is 15.6 Å². The van der Waals surface area contributed by atoms with E-state index in [2.05, 4.69) is 47.3 Å². The molecule has 0 aliphatic rings. The van der Waals surface area contributed by atoms with Gasteiger partial charge in [-0.1, -0.05) is 28.9 Å². The Labute approximate surface area is 231 Å². The van der Waals surface area contributed by atoms with Crippen molar-refractivity contribution < 1.29 is 18.8 Å². The average molecular weight is 647 g/mol. The van der Waals surface area contributed by atoms with E-state index in [9.17, 15) is 24.1 Å². The number of benzene rings is 3. The highest BCUT2D eigenvalue weighted by Crippen LogP contribution is 2.36. The Morgan fingerprint density at radius 2 is 2.03 bits per heavy atom. The molecule has 0 bridgehead atoms. The van der Waals surface area contributed by atoms with Crippen LogP contribution in [-0.2, 0) is 11.2 Å². The number of carbonyl (C=O) groups excluding carboxylic acids is 1. The number of aryl methyl sites for hydroxylation is 1. The van der Waals surface area contributed by atoms with E-state index in [1.807, 2.05) is 6.92 Å². The van der Waals surface area contributed by atoms with Gasteiger partial charge >= 0.3 is 5.69 Å². The molecule has 4 rings (SSSR count). The topological polar surface area (TPSA) is 129 Å². The molecule has 1 heterocycles. The molecule has 38 heavy (non-hydrogen) atoms. The van der Waals surface area contributed by atoms with Gasteiger partial charge in [0.1, 0.15) is 11.6 Å². The van der Waals surface area contributed by atoms with E-state index in [0.29, 0.717) is 33.2 Å². The van der Waals surface area contributed by atoms with E-state index < -0.39 is 28.9 Å². The highest BCUT2D eigenvalue weighted by Gasteiger charge is 2.21. The first kappa shape index (κ1) is 27.1. The Hall–Kier alpha value is -3.97. The Morgan fingerprint density at radius 3 is 2.74 bits per heavy atom. The highest BCUT2D eigenvalue weighted by molar-refractivity contribution is 9.10. The van der Waals surface area contributed by atoms with Crippen molar-refractivity contribution in [3.63, 3.8) is 0 Å². The first-order valence-electron chi connectivity index (χ1n) is 11.1. The van der Waals surface area contributed by atoms with Crippen LogP contribution in [0.3, 0.4) is 0 Å². The predicted octanol–water partition coefficient (Wildman–Crippen LogP) is 5.43. The minimum absolute atomic E-state index is 0.176. The third-order valence-electron chi connectivity index (χ3n) is 5.21. The summed E-state index contributed by atoms with van der Waals surface area (Å²) in [6.45, 7) is 1.27. The van der Waals surface area contributed by atoms with Gasteiger partial charge in [-0.25, -0.2) is 9.37 Å². The van der Waals surface area contributed by atoms with Gasteiger partial charge in [-0.15, -0.1) is 0 Å². The summed E-state index contributed by atoms with van der Waals surface area (Å²) in [4.78, 5) is 40.9. The van der Waals surface area contributed by atoms with Crippen LogP contribution >= 0.6 is 31.9 Å². The van der Waals surface area contributed by atoms with Crippen LogP contribution in [0.1, 0.15) is 18.3 Å². The fraction of sp³-hybridized carbons (Fsp3) is 0.120. The Morgan fingerprint density at radius 1 is 1.24 bits per heavy atom. The van der Waals surface area contributed by atoms with Crippen LogP contribution in [0.15, 0.2) is 73.4 Å². The zero-order chi connectivity index (χ0) is 27.4. The molecule has 0 aliphatic heterocycles. The monoisotopic (exact) mass is 645 g/mol. The van der Waals surface area contributed by atoms with Crippen molar-refractivity contribution in [2.75, 3.05) is 11.9 Å². The lowest BCUT2D eigenvalue weighted by atomic mass is 10.2. The summed E-state index contributed by atoms with van der Waals surface area (Å²) in [5.74, 6) is -0.923. The largest absolute Gasteiger partial charge is 0.476 e. The second kappa shape index (κ2) is 11.6. The number of hydrogen-bond donors (Lipinski definition) is 1. The normalized spacial score (nSPS) is 11.2. The smallest absolute Gasteiger partial charge is 0.312 e. The highest BCUT2D eigenvalue weighted by atomic mass is 79.9. The van der Waals surface area contributed by atoms with E-state index in [0.717, 1.165) is 10.7 Å². The number of halogens is 3. The molecule has 10 nitrogen and oxygen atoms in total. The number of nitrogens with zero attached hydrogens (tertiary/aromatic N) is 4. The van der Waals surface area contributed by atoms with E-state index in [1.165, 1.54) is 36.5 Å². The number of anilines is 1. The minimum atomic E-state index is -0.666. The summed E-state index contributed by atoms with van der Waals surface area (Å²) in [6.07, 6.45) is 1.72. The fourth-order valence-electron chi connectivity index (χ4n) is 3.52. The fourth-order valence-corrected chi connectivity index (χ4v) is 4.46. The van der Waals surface area contributed by atoms with Crippen molar-refractivity contribution in [2.45, 2.75) is 13.3 Å². The van der Waals surface area contributed by atoms with Crippen LogP contribution in [0.25, 0.3) is 10.9 Å². The quantitative estimate of drug-likeness (QED) is 0.154. The maximum Gasteiger partial charge on any atom is 0.312 e. The molecule has 3 aromatic carbocycles. The van der Waals surface area contributed by atoms with Gasteiger partial charge < -0.3 is 10.1 Å². The number of nitro groups is 1. The zero-order valence-corrected chi connectivity index (χ0v) is 22.8. The Bertz CT molecular complexity index is 1660. The number of aromatic nitrogens is 2. The molecule has 0 aliphatic carbocycles. The van der Waals surface area contributed by atoms with Crippen LogP contribution in [0.5, 0.6) is 5.75 Å². The van der Waals surface area contributed by atoms with Gasteiger partial charge in [0.15, 0.2) is 6.61 Å². The molecule has 0 atom stereocenters. The number of carbonyl (C=O) groups is 1. The van der Waals surface area contributed by atoms with Crippen molar-refractivity contribution in [1.82, 2.24) is 9.66 Å². The predicted molar refractivity (Wildman–Crippen MR) is 147 cm³/mol. The SMILES string of the molecule is CCc1nc2ccc(Br)cc2c(=O)n1N=Cc1cc(Br)c(OCC(=O)Nc2cccc(F)c2)c([N+](=O)[O-])c1. The van der Waals surface area contributed by atoms with Crippen LogP contribution in [-0.4, -0.2) is 33.3 Å². The van der Waals surface area contributed by atoms with Gasteiger partial charge in [0, 0.05) is 28.2 Å². The average Bonchev–Trinajstić information content (AvgIpc) is 2.87. The standard InChI is InChI=1S/C25H18Br2FN5O5/c1-2-22-31-20-7-6-15(26)10-18(20)25(35)32(22)29-12-14-8-19(27)24(21(9-14)33(36)37)38-13-23(34)30-17-5-3-4-16(28)11-17/h3-12H,2,13H2,1H3,(H,30,34). The van der Waals surface area contributed by atoms with Crippen LogP contribution in [0, 0.1) is 15.9 Å². The molecule has 0 unspecified atom stereocenters. The Balaban J connectivity index is 1.61. The molecule has 1 amide bonds. The van der Waals surface area contributed by atoms with Gasteiger partial charge in [0.2, 0.25) is 5.75 Å². The molecule has 0 saturated carbocycles. The van der Waals surface area contributed by atoms with Crippen molar-refractivity contribution in [3.05, 3.63) is 101 Å². The minimum Gasteiger partial charge on any atom is -0.476 e. The second-order valence-corrected chi connectivity index (χ2v) is 9.63. The summed E-state index contributed by atoms with van der Waals surface area (Å²) in [5, 5.41) is 18.8. The van der Waals surface area contributed by atoms with Gasteiger partial charge in [-0.3, -0.25) is 19.7 Å². The maximum atomic E-state index is 13.3. The number of ether oxygens (including phenoxy) is 1. The lowest BCUT2D eigenvalue weighted by Gasteiger charge is -2.10. The van der Waals surface area contributed by atoms with Crippen LogP contribution in [0.2, 0.25) is 0 Å². The Kier molecular flexibility index (Phi) is 8.27. The number of amides is 1. The third-order valence-corrected chi connectivity index (χ3v) is 6.30. The number of hydrogen-bond acceptors (Lipinski definition) is 7. The zero-order valence-electron chi connectivity index (χ0n) is 19.7. The molecule has 13 heteroatoms. The molecular formula is C25H18Br2FN5O5. The molecule has 1 aromatic heterocycles. The number of nitro benzene ring substituents is 1. The van der Waals surface area contributed by atoms with Crippen LogP contribution in [0.4, 0.5) is 15.8 Å². The summed E-state index contributed by atoms with van der Waals surface area (Å²) in [6, 6.07) is 13.1. The summed E-state index contributed by atoms with van der Waals surface area (Å²) >= 11 is 6.59. The first-order valence-corrected chi connectivity index (χ1v) is 12.7. The summed E-state index contributed by atoms with van der Waals surface area (Å²) in [5.41, 5.74) is 0.229. The van der Waals surface area contributed by atoms with E-state index >= 15 is 0 Å². The number of fused-ring (bicyclic) bond motifs is 1. The molecular weight excluding hydrogens is 629 g/mol. The summed E-state index contributed by atoms with van der Waals surface area (Å²) in [7, 11) is 0. The number of nitrogens with one attached hydrogen (secondary N) is 1. The van der Waals surface area contributed by atoms with Crippen molar-refractivity contribution >= 4 is 66.3 Å². The lowest BCUT2D eigenvalue weighted by Crippen LogP contribution is -2.22. The lowest BCUT2D eigenvalue weighted by molar-refractivity contribution is -0.385. The van der Waals surface area contributed by atoms with Crippen molar-refractivity contribution in [3.8, 4) is 5.75 Å². The van der Waals surface area contributed by atoms with E-state index in [-0.39, 0.29) is 21.5 Å². The molecule has 0 spiro atoms. The van der Waals surface area contributed by atoms with Gasteiger partial charge in [0.25, 0.3) is 11.5 Å². The van der Waals surface area contributed by atoms with Gasteiger partial charge in [-0.05, 0) is 58.4 Å². The van der Waals surface area contributed by atoms with E-state index in [1.54, 1.807) is 18.2 Å². The van der Waals surface area contributed by atoms with Crippen molar-refractivity contribution in [2.24, 2.45) is 5.10 Å². The second-order valence-electron chi connectivity index (χ2n) is 7.86. The molecule has 194 valence electrons. The van der Waals surface area contributed by atoms with Gasteiger partial charge in [0.05, 0.1) is 26.5 Å². The molecule has 0 fully saturated rings. The molecule has 0 saturated heterocycles.